The van der Waals surface area contributed by atoms with E-state index in [1.165, 1.54) is 0 Å². The fourth-order valence-electron chi connectivity index (χ4n) is 1.90. The van der Waals surface area contributed by atoms with Gasteiger partial charge in [-0.2, -0.15) is 10.2 Å². The third-order valence-corrected chi connectivity index (χ3v) is 2.80. The molecule has 4 nitrogen and oxygen atoms in total. The van der Waals surface area contributed by atoms with Crippen LogP contribution >= 0.6 is 0 Å². The van der Waals surface area contributed by atoms with Gasteiger partial charge in [0, 0.05) is 6.04 Å². The summed E-state index contributed by atoms with van der Waals surface area (Å²) in [5, 5.41) is 8.26. The van der Waals surface area contributed by atoms with Gasteiger partial charge in [0.25, 0.3) is 0 Å². The number of nitrogens with two attached hydrogens (primary N) is 1. The standard InChI is InChI=1S/C13H17N3O/c1-3-13-11(6-9(2)15-16-13)12(14)7-10-4-5-17-8-10/h4-6,8,12H,3,7,14H2,1-2H3. The smallest absolute Gasteiger partial charge is 0.0935 e. The molecule has 0 aliphatic heterocycles. The van der Waals surface area contributed by atoms with Gasteiger partial charge in [0.2, 0.25) is 0 Å². The normalized spacial score (nSPS) is 12.6. The fraction of sp³-hybridized carbons (Fsp3) is 0.385. The van der Waals surface area contributed by atoms with Crippen LogP contribution in [-0.4, -0.2) is 10.2 Å². The molecule has 2 heterocycles. The van der Waals surface area contributed by atoms with Crippen LogP contribution in [0, 0.1) is 6.92 Å². The first-order valence-electron chi connectivity index (χ1n) is 5.80. The number of rotatable bonds is 4. The highest BCUT2D eigenvalue weighted by atomic mass is 16.3. The molecule has 1 unspecified atom stereocenters. The highest BCUT2D eigenvalue weighted by molar-refractivity contribution is 5.26. The van der Waals surface area contributed by atoms with Crippen molar-refractivity contribution in [2.45, 2.75) is 32.7 Å². The highest BCUT2D eigenvalue weighted by Crippen LogP contribution is 2.19. The third kappa shape index (κ3) is 2.71. The molecule has 0 saturated carbocycles. The topological polar surface area (TPSA) is 64.9 Å². The van der Waals surface area contributed by atoms with E-state index >= 15 is 0 Å². The highest BCUT2D eigenvalue weighted by Gasteiger charge is 2.13. The molecule has 0 aliphatic carbocycles. The Morgan fingerprint density at radius 1 is 1.41 bits per heavy atom. The molecule has 2 rings (SSSR count). The van der Waals surface area contributed by atoms with Gasteiger partial charge in [-0.1, -0.05) is 6.92 Å². The van der Waals surface area contributed by atoms with Crippen molar-refractivity contribution in [3.05, 3.63) is 47.2 Å². The number of hydrogen-bond donors (Lipinski definition) is 1. The fourth-order valence-corrected chi connectivity index (χ4v) is 1.90. The van der Waals surface area contributed by atoms with Crippen LogP contribution in [0.4, 0.5) is 0 Å². The van der Waals surface area contributed by atoms with Crippen molar-refractivity contribution in [2.24, 2.45) is 5.73 Å². The molecular weight excluding hydrogens is 214 g/mol. The minimum Gasteiger partial charge on any atom is -0.472 e. The van der Waals surface area contributed by atoms with Gasteiger partial charge < -0.3 is 10.2 Å². The van der Waals surface area contributed by atoms with E-state index in [9.17, 15) is 0 Å². The second-order valence-corrected chi connectivity index (χ2v) is 4.18. The van der Waals surface area contributed by atoms with E-state index in [0.29, 0.717) is 0 Å². The van der Waals surface area contributed by atoms with E-state index in [2.05, 4.69) is 17.1 Å². The van der Waals surface area contributed by atoms with E-state index in [-0.39, 0.29) is 6.04 Å². The molecule has 2 aromatic rings. The number of nitrogens with zero attached hydrogens (tertiary/aromatic N) is 2. The maximum atomic E-state index is 6.22. The van der Waals surface area contributed by atoms with Gasteiger partial charge in [-0.3, -0.25) is 0 Å². The van der Waals surface area contributed by atoms with Crippen LogP contribution < -0.4 is 5.73 Å². The van der Waals surface area contributed by atoms with Gasteiger partial charge in [-0.15, -0.1) is 0 Å². The Morgan fingerprint density at radius 3 is 2.88 bits per heavy atom. The van der Waals surface area contributed by atoms with Crippen molar-refractivity contribution in [2.75, 3.05) is 0 Å². The van der Waals surface area contributed by atoms with Crippen LogP contribution in [-0.2, 0) is 12.8 Å². The molecule has 0 radical (unpaired) electrons. The molecule has 4 heteroatoms. The molecule has 0 saturated heterocycles. The second-order valence-electron chi connectivity index (χ2n) is 4.18. The molecule has 90 valence electrons. The lowest BCUT2D eigenvalue weighted by Crippen LogP contribution is -2.16. The van der Waals surface area contributed by atoms with Crippen LogP contribution in [0.3, 0.4) is 0 Å². The molecule has 2 aromatic heterocycles. The zero-order valence-corrected chi connectivity index (χ0v) is 10.2. The first kappa shape index (κ1) is 11.8. The summed E-state index contributed by atoms with van der Waals surface area (Å²) in [5.41, 5.74) is 10.3. The van der Waals surface area contributed by atoms with Crippen molar-refractivity contribution in [3.8, 4) is 0 Å². The van der Waals surface area contributed by atoms with Crippen LogP contribution in [0.15, 0.2) is 29.1 Å². The van der Waals surface area contributed by atoms with Crippen molar-refractivity contribution < 1.29 is 4.42 Å². The molecule has 17 heavy (non-hydrogen) atoms. The second kappa shape index (κ2) is 5.10. The molecule has 0 spiro atoms. The number of aromatic nitrogens is 2. The van der Waals surface area contributed by atoms with E-state index in [0.717, 1.165) is 35.4 Å². The maximum Gasteiger partial charge on any atom is 0.0935 e. The van der Waals surface area contributed by atoms with Crippen LogP contribution in [0.5, 0.6) is 0 Å². The van der Waals surface area contributed by atoms with Crippen molar-refractivity contribution in [3.63, 3.8) is 0 Å². The lowest BCUT2D eigenvalue weighted by molar-refractivity contribution is 0.561. The predicted molar refractivity (Wildman–Crippen MR) is 65.5 cm³/mol. The van der Waals surface area contributed by atoms with Gasteiger partial charge in [0.1, 0.15) is 0 Å². The average molecular weight is 231 g/mol. The Kier molecular flexibility index (Phi) is 3.54. The summed E-state index contributed by atoms with van der Waals surface area (Å²) in [7, 11) is 0. The molecule has 2 N–H and O–H groups in total. The quantitative estimate of drug-likeness (QED) is 0.876. The van der Waals surface area contributed by atoms with E-state index in [1.54, 1.807) is 12.5 Å². The minimum atomic E-state index is -0.0586. The predicted octanol–water partition coefficient (Wildman–Crippen LogP) is 2.18. The van der Waals surface area contributed by atoms with Crippen LogP contribution in [0.2, 0.25) is 0 Å². The van der Waals surface area contributed by atoms with E-state index in [1.807, 2.05) is 19.1 Å². The Hall–Kier alpha value is -1.68. The summed E-state index contributed by atoms with van der Waals surface area (Å²) in [6.07, 6.45) is 5.00. The van der Waals surface area contributed by atoms with Gasteiger partial charge in [0.05, 0.1) is 23.9 Å². The molecular formula is C13H17N3O. The van der Waals surface area contributed by atoms with Gasteiger partial charge in [-0.05, 0) is 43.0 Å². The average Bonchev–Trinajstić information content (AvgIpc) is 2.81. The Balaban J connectivity index is 2.23. The zero-order chi connectivity index (χ0) is 12.3. The lowest BCUT2D eigenvalue weighted by Gasteiger charge is -2.14. The molecule has 0 amide bonds. The molecule has 0 aliphatic rings. The SMILES string of the molecule is CCc1nnc(C)cc1C(N)Cc1ccoc1. The summed E-state index contributed by atoms with van der Waals surface area (Å²) >= 11 is 0. The monoisotopic (exact) mass is 231 g/mol. The van der Waals surface area contributed by atoms with Crippen LogP contribution in [0.25, 0.3) is 0 Å². The maximum absolute atomic E-state index is 6.22. The van der Waals surface area contributed by atoms with Gasteiger partial charge in [0.15, 0.2) is 0 Å². The largest absolute Gasteiger partial charge is 0.472 e. The van der Waals surface area contributed by atoms with Crippen LogP contribution in [0.1, 0.15) is 35.5 Å². The number of hydrogen-bond acceptors (Lipinski definition) is 4. The van der Waals surface area contributed by atoms with Crippen molar-refractivity contribution in [1.29, 1.82) is 0 Å². The molecule has 0 aromatic carbocycles. The Labute approximate surface area is 101 Å². The van der Waals surface area contributed by atoms with Crippen molar-refractivity contribution in [1.82, 2.24) is 10.2 Å². The first-order valence-corrected chi connectivity index (χ1v) is 5.80. The summed E-state index contributed by atoms with van der Waals surface area (Å²) in [6.45, 7) is 3.99. The summed E-state index contributed by atoms with van der Waals surface area (Å²) in [5.74, 6) is 0. The molecule has 0 fully saturated rings. The van der Waals surface area contributed by atoms with E-state index < -0.39 is 0 Å². The first-order chi connectivity index (χ1) is 8.20. The number of aryl methyl sites for hydroxylation is 2. The lowest BCUT2D eigenvalue weighted by atomic mass is 9.99. The summed E-state index contributed by atoms with van der Waals surface area (Å²) < 4.78 is 5.05. The van der Waals surface area contributed by atoms with E-state index in [4.69, 9.17) is 10.2 Å². The van der Waals surface area contributed by atoms with Gasteiger partial charge >= 0.3 is 0 Å². The number of furan rings is 1. The summed E-state index contributed by atoms with van der Waals surface area (Å²) in [6, 6.07) is 3.90. The zero-order valence-electron chi connectivity index (χ0n) is 10.2. The van der Waals surface area contributed by atoms with Gasteiger partial charge in [-0.25, -0.2) is 0 Å². The summed E-state index contributed by atoms with van der Waals surface area (Å²) in [4.78, 5) is 0. The van der Waals surface area contributed by atoms with Crippen molar-refractivity contribution >= 4 is 0 Å². The Bertz CT molecular complexity index is 479. The third-order valence-electron chi connectivity index (χ3n) is 2.80. The minimum absolute atomic E-state index is 0.0586. The molecule has 0 bridgehead atoms. The Morgan fingerprint density at radius 2 is 2.24 bits per heavy atom. The molecule has 1 atom stereocenters.